The Labute approximate surface area is 199 Å². The van der Waals surface area contributed by atoms with Crippen LogP contribution in [0.3, 0.4) is 0 Å². The number of rotatable bonds is 4. The summed E-state index contributed by atoms with van der Waals surface area (Å²) in [6.07, 6.45) is 8.03. The molecule has 2 fully saturated rings. The van der Waals surface area contributed by atoms with Crippen LogP contribution in [0.15, 0.2) is 41.7 Å². The second-order valence-electron chi connectivity index (χ2n) is 8.23. The van der Waals surface area contributed by atoms with Crippen LogP contribution in [0.4, 0.5) is 10.1 Å². The van der Waals surface area contributed by atoms with Crippen molar-refractivity contribution in [1.29, 1.82) is 0 Å². The summed E-state index contributed by atoms with van der Waals surface area (Å²) in [5.74, 6) is 0.564. The summed E-state index contributed by atoms with van der Waals surface area (Å²) in [4.78, 5) is 20.9. The van der Waals surface area contributed by atoms with Crippen LogP contribution in [0, 0.1) is 5.82 Å². The third-order valence-electron chi connectivity index (χ3n) is 6.34. The van der Waals surface area contributed by atoms with Crippen molar-refractivity contribution in [3.05, 3.63) is 48.0 Å². The molecular formula is C22H30FIN6O. The maximum Gasteiger partial charge on any atom is 0.246 e. The van der Waals surface area contributed by atoms with Crippen molar-refractivity contribution < 1.29 is 9.18 Å². The van der Waals surface area contributed by atoms with Crippen LogP contribution in [0.2, 0.25) is 0 Å². The van der Waals surface area contributed by atoms with Gasteiger partial charge in [0.05, 0.1) is 11.9 Å². The molecule has 1 amide bonds. The minimum absolute atomic E-state index is 0. The molecule has 4 rings (SSSR count). The zero-order chi connectivity index (χ0) is 21.1. The molecule has 31 heavy (non-hydrogen) atoms. The number of hydrogen-bond acceptors (Lipinski definition) is 3. The number of benzene rings is 1. The normalized spacial score (nSPS) is 18.8. The molecule has 1 aliphatic heterocycles. The number of anilines is 1. The lowest BCUT2D eigenvalue weighted by atomic mass is 9.79. The summed E-state index contributed by atoms with van der Waals surface area (Å²) < 4.78 is 15.1. The lowest BCUT2D eigenvalue weighted by Gasteiger charge is -2.37. The zero-order valence-corrected chi connectivity index (χ0v) is 20.4. The molecule has 7 nitrogen and oxygen atoms in total. The number of halogens is 2. The first kappa shape index (κ1) is 23.5. The van der Waals surface area contributed by atoms with Crippen molar-refractivity contribution in [2.45, 2.75) is 31.1 Å². The summed E-state index contributed by atoms with van der Waals surface area (Å²) in [6.45, 7) is 2.29. The molecule has 168 valence electrons. The molecule has 0 unspecified atom stereocenters. The molecule has 2 aromatic rings. The fourth-order valence-electron chi connectivity index (χ4n) is 4.68. The summed E-state index contributed by atoms with van der Waals surface area (Å²) >= 11 is 0. The topological polar surface area (TPSA) is 65.8 Å². The third-order valence-corrected chi connectivity index (χ3v) is 6.34. The molecule has 2 aliphatic rings. The van der Waals surface area contributed by atoms with Gasteiger partial charge in [0, 0.05) is 45.3 Å². The summed E-state index contributed by atoms with van der Waals surface area (Å²) in [5.41, 5.74) is 1.97. The van der Waals surface area contributed by atoms with Crippen LogP contribution < -0.4 is 10.2 Å². The van der Waals surface area contributed by atoms with Crippen molar-refractivity contribution in [3.8, 4) is 0 Å². The molecule has 0 radical (unpaired) electrons. The van der Waals surface area contributed by atoms with E-state index in [1.807, 2.05) is 30.3 Å². The number of carbonyl (C=O) groups excluding carboxylic acids is 1. The summed E-state index contributed by atoms with van der Waals surface area (Å²) in [5, 5.41) is 7.67. The van der Waals surface area contributed by atoms with Crippen LogP contribution in [-0.4, -0.2) is 59.8 Å². The van der Waals surface area contributed by atoms with E-state index >= 15 is 0 Å². The van der Waals surface area contributed by atoms with E-state index in [0.29, 0.717) is 13.1 Å². The Morgan fingerprint density at radius 3 is 2.52 bits per heavy atom. The van der Waals surface area contributed by atoms with E-state index in [1.165, 1.54) is 18.4 Å². The summed E-state index contributed by atoms with van der Waals surface area (Å²) in [6, 6.07) is 6.89. The predicted octanol–water partition coefficient (Wildman–Crippen LogP) is 2.91. The Balaban J connectivity index is 0.00000272. The molecule has 2 heterocycles. The first-order chi connectivity index (χ1) is 14.5. The van der Waals surface area contributed by atoms with Gasteiger partial charge in [-0.3, -0.25) is 14.5 Å². The largest absolute Gasteiger partial charge is 0.355 e. The van der Waals surface area contributed by atoms with Crippen LogP contribution >= 0.6 is 24.0 Å². The number of amides is 1. The molecule has 1 saturated heterocycles. The highest BCUT2D eigenvalue weighted by molar-refractivity contribution is 14.0. The van der Waals surface area contributed by atoms with E-state index in [1.54, 1.807) is 35.0 Å². The van der Waals surface area contributed by atoms with Gasteiger partial charge in [0.25, 0.3) is 0 Å². The van der Waals surface area contributed by atoms with Crippen molar-refractivity contribution in [1.82, 2.24) is 20.0 Å². The molecule has 0 atom stereocenters. The number of hydrogen-bond donors (Lipinski definition) is 1. The van der Waals surface area contributed by atoms with Crippen LogP contribution in [0.25, 0.3) is 0 Å². The van der Waals surface area contributed by atoms with Gasteiger partial charge < -0.3 is 15.1 Å². The Kier molecular flexibility index (Phi) is 7.55. The number of aryl methyl sites for hydroxylation is 1. The first-order valence-electron chi connectivity index (χ1n) is 10.5. The number of aromatic nitrogens is 2. The number of aliphatic imine (C=N–C) groups is 1. The fourth-order valence-corrected chi connectivity index (χ4v) is 4.68. The first-order valence-corrected chi connectivity index (χ1v) is 10.5. The summed E-state index contributed by atoms with van der Waals surface area (Å²) in [7, 11) is 3.59. The van der Waals surface area contributed by atoms with E-state index in [2.05, 4.69) is 15.4 Å². The molecule has 0 bridgehead atoms. The molecule has 1 aliphatic carbocycles. The Morgan fingerprint density at radius 1 is 1.23 bits per heavy atom. The molecule has 1 aromatic carbocycles. The van der Waals surface area contributed by atoms with Gasteiger partial charge in [-0.1, -0.05) is 25.0 Å². The van der Waals surface area contributed by atoms with E-state index in [-0.39, 0.29) is 47.7 Å². The van der Waals surface area contributed by atoms with Crippen molar-refractivity contribution in [2.75, 3.05) is 38.1 Å². The molecule has 0 spiro atoms. The third kappa shape index (κ3) is 5.02. The maximum atomic E-state index is 13.4. The highest BCUT2D eigenvalue weighted by Crippen LogP contribution is 2.40. The monoisotopic (exact) mass is 540 g/mol. The van der Waals surface area contributed by atoms with Crippen LogP contribution in [0.1, 0.15) is 31.2 Å². The average molecular weight is 540 g/mol. The van der Waals surface area contributed by atoms with Gasteiger partial charge in [-0.2, -0.15) is 5.10 Å². The van der Waals surface area contributed by atoms with E-state index in [0.717, 1.165) is 31.0 Å². The van der Waals surface area contributed by atoms with Gasteiger partial charge in [-0.15, -0.1) is 24.0 Å². The molecular weight excluding hydrogens is 510 g/mol. The van der Waals surface area contributed by atoms with E-state index < -0.39 is 0 Å². The molecule has 1 aromatic heterocycles. The minimum Gasteiger partial charge on any atom is -0.355 e. The fraction of sp³-hybridized carbons (Fsp3) is 0.500. The lowest BCUT2D eigenvalue weighted by molar-refractivity contribution is -0.120. The van der Waals surface area contributed by atoms with Gasteiger partial charge in [-0.05, 0) is 30.5 Å². The highest BCUT2D eigenvalue weighted by atomic mass is 127. The Hall–Kier alpha value is -2.17. The van der Waals surface area contributed by atoms with Crippen molar-refractivity contribution in [3.63, 3.8) is 0 Å². The second-order valence-corrected chi connectivity index (χ2v) is 8.23. The quantitative estimate of drug-likeness (QED) is 0.368. The maximum absolute atomic E-state index is 13.4. The van der Waals surface area contributed by atoms with Gasteiger partial charge in [0.1, 0.15) is 12.4 Å². The van der Waals surface area contributed by atoms with E-state index in [9.17, 15) is 9.18 Å². The molecule has 9 heteroatoms. The molecule has 1 N–H and O–H groups in total. The standard InChI is InChI=1S/C22H29FN6O.HI/c1-24-21(28-11-12-29(20(30)15-28)19-13-26-27(2)14-19)25-16-22(9-3-4-10-22)17-5-7-18(23)8-6-17;/h5-8,13-14H,3-4,9-12,15-16H2,1-2H3,(H,24,25);1H. The number of nitrogens with one attached hydrogen (secondary N) is 1. The number of nitrogens with zero attached hydrogens (tertiary/aromatic N) is 5. The number of guanidine groups is 1. The van der Waals surface area contributed by atoms with E-state index in [4.69, 9.17) is 0 Å². The Bertz CT molecular complexity index is 922. The predicted molar refractivity (Wildman–Crippen MR) is 130 cm³/mol. The van der Waals surface area contributed by atoms with Gasteiger partial charge in [0.15, 0.2) is 5.96 Å². The lowest BCUT2D eigenvalue weighted by Crippen LogP contribution is -2.56. The van der Waals surface area contributed by atoms with Gasteiger partial charge in [-0.25, -0.2) is 4.39 Å². The van der Waals surface area contributed by atoms with Crippen LogP contribution in [0.5, 0.6) is 0 Å². The Morgan fingerprint density at radius 2 is 1.94 bits per heavy atom. The highest BCUT2D eigenvalue weighted by Gasteiger charge is 2.36. The van der Waals surface area contributed by atoms with Crippen molar-refractivity contribution in [2.24, 2.45) is 12.0 Å². The second kappa shape index (κ2) is 9.97. The van der Waals surface area contributed by atoms with Crippen molar-refractivity contribution >= 4 is 41.5 Å². The average Bonchev–Trinajstić information content (AvgIpc) is 3.39. The minimum atomic E-state index is -0.208. The van der Waals surface area contributed by atoms with Gasteiger partial charge >= 0.3 is 0 Å². The zero-order valence-electron chi connectivity index (χ0n) is 18.1. The number of piperazine rings is 1. The number of carbonyl (C=O) groups is 1. The van der Waals surface area contributed by atoms with Crippen LogP contribution in [-0.2, 0) is 17.3 Å². The molecule has 1 saturated carbocycles. The van der Waals surface area contributed by atoms with Gasteiger partial charge in [0.2, 0.25) is 5.91 Å². The smallest absolute Gasteiger partial charge is 0.246 e. The SMILES string of the molecule is CN=C(NCC1(c2ccc(F)cc2)CCCC1)N1CCN(c2cnn(C)c2)C(=O)C1.I.